The van der Waals surface area contributed by atoms with Crippen molar-refractivity contribution in [3.05, 3.63) is 65.9 Å². The average molecular weight is 425 g/mol. The quantitative estimate of drug-likeness (QED) is 0.510. The lowest BCUT2D eigenvalue weighted by Crippen LogP contribution is -2.17. The van der Waals surface area contributed by atoms with E-state index in [1.54, 1.807) is 25.4 Å². The summed E-state index contributed by atoms with van der Waals surface area (Å²) in [5, 5.41) is 14.2. The van der Waals surface area contributed by atoms with Crippen molar-refractivity contribution in [3.8, 4) is 29.1 Å². The first-order valence-electron chi connectivity index (χ1n) is 10.2. The SMILES string of the molecule is CNC(=O)c1cccc2cc(Oc3ccnc4cc(OCC#N)c5c(c34)CCO5)ccc12. The number of nitrogens with zero attached hydrogens (tertiary/aromatic N) is 2. The Labute approximate surface area is 184 Å². The van der Waals surface area contributed by atoms with Crippen LogP contribution in [0.15, 0.2) is 54.7 Å². The van der Waals surface area contributed by atoms with Gasteiger partial charge in [0, 0.05) is 36.9 Å². The molecule has 32 heavy (non-hydrogen) atoms. The molecule has 2 heterocycles. The first-order chi connectivity index (χ1) is 15.7. The van der Waals surface area contributed by atoms with Crippen LogP contribution in [0.25, 0.3) is 21.7 Å². The van der Waals surface area contributed by atoms with Gasteiger partial charge in [0.2, 0.25) is 0 Å². The molecule has 0 radical (unpaired) electrons. The number of aromatic nitrogens is 1. The average Bonchev–Trinajstić information content (AvgIpc) is 3.31. The fraction of sp³-hybridized carbons (Fsp3) is 0.160. The number of hydrogen-bond donors (Lipinski definition) is 1. The van der Waals surface area contributed by atoms with Gasteiger partial charge in [0.15, 0.2) is 18.1 Å². The summed E-state index contributed by atoms with van der Waals surface area (Å²) in [7, 11) is 1.62. The molecule has 1 aliphatic rings. The second-order valence-electron chi connectivity index (χ2n) is 7.30. The number of carbonyl (C=O) groups is 1. The van der Waals surface area contributed by atoms with Crippen LogP contribution < -0.4 is 19.5 Å². The van der Waals surface area contributed by atoms with E-state index in [1.165, 1.54) is 0 Å². The standard InChI is InChI=1S/C25H19N3O4/c1-27-25(29)18-4-2-3-15-13-16(5-6-17(15)18)32-21-7-10-28-20-14-22(30-12-9-26)24-19(23(20)21)8-11-31-24/h2-7,10,13-14H,8,11-12H2,1H3,(H,27,29). The third kappa shape index (κ3) is 3.32. The van der Waals surface area contributed by atoms with Gasteiger partial charge in [-0.05, 0) is 41.1 Å². The van der Waals surface area contributed by atoms with Crippen molar-refractivity contribution < 1.29 is 19.0 Å². The van der Waals surface area contributed by atoms with E-state index >= 15 is 0 Å². The van der Waals surface area contributed by atoms with Crippen LogP contribution in [0.2, 0.25) is 0 Å². The highest BCUT2D eigenvalue weighted by atomic mass is 16.5. The van der Waals surface area contributed by atoms with Gasteiger partial charge in [-0.25, -0.2) is 0 Å². The molecule has 1 aromatic heterocycles. The molecule has 0 atom stereocenters. The van der Waals surface area contributed by atoms with E-state index < -0.39 is 0 Å². The van der Waals surface area contributed by atoms with Gasteiger partial charge in [0.1, 0.15) is 17.6 Å². The Bertz CT molecular complexity index is 1410. The van der Waals surface area contributed by atoms with Crippen molar-refractivity contribution in [2.24, 2.45) is 0 Å². The number of rotatable bonds is 5. The molecule has 0 aliphatic carbocycles. The van der Waals surface area contributed by atoms with Crippen LogP contribution in [-0.4, -0.2) is 31.2 Å². The van der Waals surface area contributed by atoms with E-state index in [4.69, 9.17) is 19.5 Å². The maximum absolute atomic E-state index is 12.2. The predicted molar refractivity (Wildman–Crippen MR) is 119 cm³/mol. The first kappa shape index (κ1) is 19.6. The largest absolute Gasteiger partial charge is 0.489 e. The van der Waals surface area contributed by atoms with E-state index in [9.17, 15) is 4.79 Å². The number of nitriles is 1. The number of benzene rings is 3. The van der Waals surface area contributed by atoms with E-state index in [0.717, 1.165) is 21.7 Å². The molecule has 0 saturated carbocycles. The first-order valence-corrected chi connectivity index (χ1v) is 10.2. The molecule has 0 fully saturated rings. The lowest BCUT2D eigenvalue weighted by atomic mass is 10.0. The van der Waals surface area contributed by atoms with Gasteiger partial charge >= 0.3 is 0 Å². The zero-order valence-electron chi connectivity index (χ0n) is 17.3. The third-order valence-corrected chi connectivity index (χ3v) is 5.45. The topological polar surface area (TPSA) is 93.5 Å². The molecule has 1 amide bonds. The van der Waals surface area contributed by atoms with Crippen molar-refractivity contribution >= 4 is 27.6 Å². The summed E-state index contributed by atoms with van der Waals surface area (Å²) in [5.74, 6) is 2.33. The molecule has 5 rings (SSSR count). The Morgan fingerprint density at radius 3 is 2.97 bits per heavy atom. The fourth-order valence-corrected chi connectivity index (χ4v) is 4.06. The number of amides is 1. The highest BCUT2D eigenvalue weighted by Gasteiger charge is 2.24. The second kappa shape index (κ2) is 8.08. The Kier molecular flexibility index (Phi) is 4.96. The number of nitrogens with one attached hydrogen (secondary N) is 1. The molecule has 1 N–H and O–H groups in total. The van der Waals surface area contributed by atoms with Crippen molar-refractivity contribution in [1.82, 2.24) is 10.3 Å². The highest BCUT2D eigenvalue weighted by molar-refractivity contribution is 6.07. The Balaban J connectivity index is 1.58. The molecular weight excluding hydrogens is 406 g/mol. The van der Waals surface area contributed by atoms with Gasteiger partial charge in [0.25, 0.3) is 5.91 Å². The van der Waals surface area contributed by atoms with E-state index in [1.807, 2.05) is 42.5 Å². The van der Waals surface area contributed by atoms with E-state index in [-0.39, 0.29) is 12.5 Å². The molecule has 3 aromatic carbocycles. The van der Waals surface area contributed by atoms with Crippen LogP contribution in [0.4, 0.5) is 0 Å². The molecule has 7 nitrogen and oxygen atoms in total. The van der Waals surface area contributed by atoms with Gasteiger partial charge in [-0.15, -0.1) is 0 Å². The van der Waals surface area contributed by atoms with E-state index in [2.05, 4.69) is 10.3 Å². The predicted octanol–water partition coefficient (Wildman–Crippen LogP) is 4.38. The minimum absolute atomic E-state index is 0.0629. The summed E-state index contributed by atoms with van der Waals surface area (Å²) in [4.78, 5) is 16.6. The Hall–Kier alpha value is -4.31. The molecule has 4 aromatic rings. The second-order valence-corrected chi connectivity index (χ2v) is 7.30. The van der Waals surface area contributed by atoms with Crippen LogP contribution in [0, 0.1) is 11.3 Å². The van der Waals surface area contributed by atoms with Gasteiger partial charge in [-0.2, -0.15) is 5.26 Å². The molecule has 158 valence electrons. The number of ether oxygens (including phenoxy) is 3. The normalized spacial score (nSPS) is 12.1. The lowest BCUT2D eigenvalue weighted by molar-refractivity contribution is 0.0964. The van der Waals surface area contributed by atoms with Crippen molar-refractivity contribution in [2.45, 2.75) is 6.42 Å². The molecular formula is C25H19N3O4. The Morgan fingerprint density at radius 2 is 2.12 bits per heavy atom. The summed E-state index contributed by atoms with van der Waals surface area (Å²) in [6.45, 7) is 0.469. The molecule has 0 unspecified atom stereocenters. The summed E-state index contributed by atoms with van der Waals surface area (Å²) < 4.78 is 17.6. The molecule has 0 saturated heterocycles. The zero-order chi connectivity index (χ0) is 22.1. The molecule has 0 bridgehead atoms. The zero-order valence-corrected chi connectivity index (χ0v) is 17.3. The van der Waals surface area contributed by atoms with Crippen LogP contribution in [0.3, 0.4) is 0 Å². The number of carbonyl (C=O) groups excluding carboxylic acids is 1. The highest BCUT2D eigenvalue weighted by Crippen LogP contribution is 2.44. The van der Waals surface area contributed by atoms with Crippen LogP contribution in [0.5, 0.6) is 23.0 Å². The van der Waals surface area contributed by atoms with Crippen LogP contribution in [0.1, 0.15) is 15.9 Å². The number of hydrogen-bond acceptors (Lipinski definition) is 6. The lowest BCUT2D eigenvalue weighted by Gasteiger charge is -2.14. The summed E-state index contributed by atoms with van der Waals surface area (Å²) in [6.07, 6.45) is 2.38. The smallest absolute Gasteiger partial charge is 0.251 e. The number of pyridine rings is 1. The minimum atomic E-state index is -0.130. The van der Waals surface area contributed by atoms with Crippen LogP contribution in [-0.2, 0) is 6.42 Å². The Morgan fingerprint density at radius 1 is 1.22 bits per heavy atom. The molecule has 0 spiro atoms. The minimum Gasteiger partial charge on any atom is -0.489 e. The van der Waals surface area contributed by atoms with E-state index in [0.29, 0.717) is 47.1 Å². The summed E-state index contributed by atoms with van der Waals surface area (Å²) in [6, 6.07) is 16.8. The maximum Gasteiger partial charge on any atom is 0.251 e. The third-order valence-electron chi connectivity index (χ3n) is 5.45. The van der Waals surface area contributed by atoms with Gasteiger partial charge in [-0.1, -0.05) is 12.1 Å². The van der Waals surface area contributed by atoms with Crippen molar-refractivity contribution in [3.63, 3.8) is 0 Å². The molecule has 1 aliphatic heterocycles. The maximum atomic E-state index is 12.2. The van der Waals surface area contributed by atoms with Crippen molar-refractivity contribution in [2.75, 3.05) is 20.3 Å². The van der Waals surface area contributed by atoms with Gasteiger partial charge < -0.3 is 19.5 Å². The fourth-order valence-electron chi connectivity index (χ4n) is 4.06. The monoisotopic (exact) mass is 425 g/mol. The van der Waals surface area contributed by atoms with Gasteiger partial charge in [0.05, 0.1) is 17.5 Å². The number of fused-ring (bicyclic) bond motifs is 4. The molecule has 7 heteroatoms. The van der Waals surface area contributed by atoms with Crippen molar-refractivity contribution in [1.29, 1.82) is 5.26 Å². The summed E-state index contributed by atoms with van der Waals surface area (Å²) >= 11 is 0. The van der Waals surface area contributed by atoms with Crippen LogP contribution >= 0.6 is 0 Å². The summed E-state index contributed by atoms with van der Waals surface area (Å²) in [5.41, 5.74) is 2.29. The van der Waals surface area contributed by atoms with Gasteiger partial charge in [-0.3, -0.25) is 9.78 Å².